The predicted octanol–water partition coefficient (Wildman–Crippen LogP) is 3.31. The lowest BCUT2D eigenvalue weighted by molar-refractivity contribution is -0.124. The Morgan fingerprint density at radius 3 is 2.59 bits per heavy atom. The second kappa shape index (κ2) is 9.13. The molecular weight excluding hydrogens is 437 g/mol. The van der Waals surface area contributed by atoms with Gasteiger partial charge in [-0.25, -0.2) is 13.8 Å². The molecule has 1 saturated heterocycles. The SMILES string of the molecule is COc1ccc(Cl)cc1/C=N\NC(=O)[C@H]1CCCN1S(=O)(=O)c1ccc(Cl)cc1. The average Bonchev–Trinajstić information content (AvgIpc) is 3.19. The summed E-state index contributed by atoms with van der Waals surface area (Å²) in [5.74, 6) is 0.0393. The Bertz CT molecular complexity index is 1030. The van der Waals surface area contributed by atoms with E-state index in [9.17, 15) is 13.2 Å². The van der Waals surface area contributed by atoms with Crippen LogP contribution in [0.15, 0.2) is 52.5 Å². The highest BCUT2D eigenvalue weighted by molar-refractivity contribution is 7.89. The lowest BCUT2D eigenvalue weighted by Crippen LogP contribution is -2.44. The van der Waals surface area contributed by atoms with E-state index in [2.05, 4.69) is 10.5 Å². The van der Waals surface area contributed by atoms with Crippen molar-refractivity contribution in [1.82, 2.24) is 9.73 Å². The van der Waals surface area contributed by atoms with Gasteiger partial charge < -0.3 is 4.74 Å². The highest BCUT2D eigenvalue weighted by Crippen LogP contribution is 2.27. The molecule has 1 aliphatic heterocycles. The average molecular weight is 456 g/mol. The van der Waals surface area contributed by atoms with E-state index in [-0.39, 0.29) is 11.4 Å². The van der Waals surface area contributed by atoms with Crippen LogP contribution in [0.4, 0.5) is 0 Å². The summed E-state index contributed by atoms with van der Waals surface area (Å²) in [6, 6.07) is 10.0. The van der Waals surface area contributed by atoms with E-state index in [1.54, 1.807) is 18.2 Å². The van der Waals surface area contributed by atoms with Crippen LogP contribution in [0.5, 0.6) is 5.75 Å². The predicted molar refractivity (Wildman–Crippen MR) is 112 cm³/mol. The number of carbonyl (C=O) groups is 1. The smallest absolute Gasteiger partial charge is 0.258 e. The largest absolute Gasteiger partial charge is 0.496 e. The van der Waals surface area contributed by atoms with Gasteiger partial charge in [0, 0.05) is 22.2 Å². The Kier molecular flexibility index (Phi) is 6.79. The van der Waals surface area contributed by atoms with Crippen molar-refractivity contribution in [3.8, 4) is 5.75 Å². The molecule has 29 heavy (non-hydrogen) atoms. The molecule has 2 aromatic carbocycles. The van der Waals surface area contributed by atoms with Gasteiger partial charge in [0.2, 0.25) is 10.0 Å². The summed E-state index contributed by atoms with van der Waals surface area (Å²) in [7, 11) is -2.31. The van der Waals surface area contributed by atoms with Gasteiger partial charge in [-0.2, -0.15) is 9.41 Å². The Morgan fingerprint density at radius 1 is 1.21 bits per heavy atom. The molecule has 1 aliphatic rings. The van der Waals surface area contributed by atoms with Gasteiger partial charge in [0.1, 0.15) is 11.8 Å². The fraction of sp³-hybridized carbons (Fsp3) is 0.263. The number of nitrogens with one attached hydrogen (secondary N) is 1. The fourth-order valence-corrected chi connectivity index (χ4v) is 5.04. The molecule has 1 N–H and O–H groups in total. The van der Waals surface area contributed by atoms with E-state index < -0.39 is 22.0 Å². The first kappa shape index (κ1) is 21.6. The van der Waals surface area contributed by atoms with Gasteiger partial charge in [-0.05, 0) is 55.3 Å². The summed E-state index contributed by atoms with van der Waals surface area (Å²) in [4.78, 5) is 12.7. The van der Waals surface area contributed by atoms with Crippen LogP contribution >= 0.6 is 23.2 Å². The van der Waals surface area contributed by atoms with Crippen molar-refractivity contribution in [2.24, 2.45) is 5.10 Å². The van der Waals surface area contributed by atoms with Crippen molar-refractivity contribution in [2.75, 3.05) is 13.7 Å². The third-order valence-electron chi connectivity index (χ3n) is 4.50. The maximum Gasteiger partial charge on any atom is 0.258 e. The Morgan fingerprint density at radius 2 is 1.90 bits per heavy atom. The highest BCUT2D eigenvalue weighted by Gasteiger charge is 2.39. The summed E-state index contributed by atoms with van der Waals surface area (Å²) in [6.45, 7) is 0.259. The molecule has 7 nitrogen and oxygen atoms in total. The molecule has 154 valence electrons. The quantitative estimate of drug-likeness (QED) is 0.534. The maximum absolute atomic E-state index is 12.9. The number of rotatable bonds is 6. The van der Waals surface area contributed by atoms with Gasteiger partial charge in [-0.3, -0.25) is 4.79 Å². The Labute approximate surface area is 179 Å². The molecule has 0 radical (unpaired) electrons. The summed E-state index contributed by atoms with van der Waals surface area (Å²) >= 11 is 11.8. The van der Waals surface area contributed by atoms with E-state index in [0.29, 0.717) is 34.2 Å². The summed E-state index contributed by atoms with van der Waals surface area (Å²) in [5, 5.41) is 4.87. The number of benzene rings is 2. The monoisotopic (exact) mass is 455 g/mol. The number of sulfonamides is 1. The van der Waals surface area contributed by atoms with E-state index in [1.807, 2.05) is 0 Å². The first-order valence-electron chi connectivity index (χ1n) is 8.77. The van der Waals surface area contributed by atoms with Crippen LogP contribution in [0, 0.1) is 0 Å². The fourth-order valence-electron chi connectivity index (χ4n) is 3.08. The van der Waals surface area contributed by atoms with Gasteiger partial charge in [0.15, 0.2) is 0 Å². The minimum absolute atomic E-state index is 0.0914. The Balaban J connectivity index is 1.73. The molecule has 1 atom stereocenters. The van der Waals surface area contributed by atoms with Crippen LogP contribution in [0.1, 0.15) is 18.4 Å². The van der Waals surface area contributed by atoms with Crippen molar-refractivity contribution < 1.29 is 17.9 Å². The third-order valence-corrected chi connectivity index (χ3v) is 6.91. The molecule has 0 aliphatic carbocycles. The molecule has 1 amide bonds. The maximum atomic E-state index is 12.9. The molecule has 10 heteroatoms. The van der Waals surface area contributed by atoms with Gasteiger partial charge in [-0.1, -0.05) is 23.2 Å². The first-order chi connectivity index (χ1) is 13.8. The van der Waals surface area contributed by atoms with Crippen LogP contribution in [0.2, 0.25) is 10.0 Å². The number of hydrogen-bond acceptors (Lipinski definition) is 5. The standard InChI is InChI=1S/C19H19Cl2N3O4S/c1-28-18-9-6-15(21)11-13(18)12-22-23-19(25)17-3-2-10-24(17)29(26,27)16-7-4-14(20)5-8-16/h4-9,11-12,17H,2-3,10H2,1H3,(H,23,25)/b22-12-/t17-/m1/s1. The number of halogens is 2. The van der Waals surface area contributed by atoms with E-state index >= 15 is 0 Å². The second-order valence-corrected chi connectivity index (χ2v) is 9.11. The second-order valence-electron chi connectivity index (χ2n) is 6.35. The minimum atomic E-state index is -3.82. The van der Waals surface area contributed by atoms with Crippen LogP contribution in [-0.4, -0.2) is 44.5 Å². The van der Waals surface area contributed by atoms with Gasteiger partial charge in [-0.15, -0.1) is 0 Å². The molecular formula is C19H19Cl2N3O4S. The van der Waals surface area contributed by atoms with Gasteiger partial charge in [0.05, 0.1) is 18.2 Å². The number of nitrogens with zero attached hydrogens (tertiary/aromatic N) is 2. The normalized spacial score (nSPS) is 17.6. The van der Waals surface area contributed by atoms with Crippen LogP contribution in [-0.2, 0) is 14.8 Å². The van der Waals surface area contributed by atoms with Gasteiger partial charge >= 0.3 is 0 Å². The lowest BCUT2D eigenvalue weighted by Gasteiger charge is -2.22. The van der Waals surface area contributed by atoms with Crippen LogP contribution in [0.25, 0.3) is 0 Å². The van der Waals surface area contributed by atoms with Crippen molar-refractivity contribution in [3.05, 3.63) is 58.1 Å². The third kappa shape index (κ3) is 4.90. The zero-order valence-electron chi connectivity index (χ0n) is 15.5. The van der Waals surface area contributed by atoms with E-state index in [0.717, 1.165) is 0 Å². The molecule has 0 spiro atoms. The van der Waals surface area contributed by atoms with Crippen molar-refractivity contribution in [2.45, 2.75) is 23.8 Å². The summed E-state index contributed by atoms with van der Waals surface area (Å²) in [5.41, 5.74) is 2.99. The minimum Gasteiger partial charge on any atom is -0.496 e. The molecule has 1 heterocycles. The van der Waals surface area contributed by atoms with Crippen molar-refractivity contribution in [1.29, 1.82) is 0 Å². The van der Waals surface area contributed by atoms with Crippen molar-refractivity contribution in [3.63, 3.8) is 0 Å². The number of hydrazone groups is 1. The molecule has 1 fully saturated rings. The number of methoxy groups -OCH3 is 1. The number of ether oxygens (including phenoxy) is 1. The van der Waals surface area contributed by atoms with Gasteiger partial charge in [0.25, 0.3) is 5.91 Å². The summed E-state index contributed by atoms with van der Waals surface area (Å²) < 4.78 is 32.2. The molecule has 0 saturated carbocycles. The number of amides is 1. The molecule has 2 aromatic rings. The Hall–Kier alpha value is -2.13. The van der Waals surface area contributed by atoms with E-state index in [1.165, 1.54) is 41.9 Å². The van der Waals surface area contributed by atoms with Crippen LogP contribution in [0.3, 0.4) is 0 Å². The lowest BCUT2D eigenvalue weighted by atomic mass is 10.2. The zero-order chi connectivity index (χ0) is 21.0. The molecule has 3 rings (SSSR count). The van der Waals surface area contributed by atoms with E-state index in [4.69, 9.17) is 27.9 Å². The topological polar surface area (TPSA) is 88.1 Å². The number of carbonyl (C=O) groups excluding carboxylic acids is 1. The highest BCUT2D eigenvalue weighted by atomic mass is 35.5. The first-order valence-corrected chi connectivity index (χ1v) is 11.0. The summed E-state index contributed by atoms with van der Waals surface area (Å²) in [6.07, 6.45) is 2.39. The molecule has 0 unspecified atom stereocenters. The molecule has 0 aromatic heterocycles. The van der Waals surface area contributed by atoms with Crippen molar-refractivity contribution >= 4 is 45.3 Å². The zero-order valence-corrected chi connectivity index (χ0v) is 17.8. The molecule has 0 bridgehead atoms. The number of hydrogen-bond donors (Lipinski definition) is 1. The van der Waals surface area contributed by atoms with Crippen LogP contribution < -0.4 is 10.2 Å².